The van der Waals surface area contributed by atoms with Crippen LogP contribution in [0.2, 0.25) is 0 Å². The number of carbonyl (C=O) groups is 2. The van der Waals surface area contributed by atoms with Crippen molar-refractivity contribution in [3.63, 3.8) is 0 Å². The second-order valence-electron chi connectivity index (χ2n) is 4.15. The van der Waals surface area contributed by atoms with Crippen LogP contribution in [0.5, 0.6) is 0 Å². The largest absolute Gasteiger partial charge is 0.481 e. The van der Waals surface area contributed by atoms with Gasteiger partial charge in [0.05, 0.1) is 6.42 Å². The van der Waals surface area contributed by atoms with E-state index < -0.39 is 5.97 Å². The van der Waals surface area contributed by atoms with Crippen molar-refractivity contribution in [3.05, 3.63) is 30.0 Å². The molecule has 1 aromatic heterocycles. The van der Waals surface area contributed by atoms with Crippen molar-refractivity contribution in [3.8, 4) is 0 Å². The molecule has 0 spiro atoms. The first kappa shape index (κ1) is 13.1. The number of amides is 1. The number of rotatable bonds is 6. The molecule has 0 aliphatic carbocycles. The lowest BCUT2D eigenvalue weighted by atomic mass is 10.1. The molecule has 2 aromatic rings. The van der Waals surface area contributed by atoms with Crippen molar-refractivity contribution >= 4 is 22.8 Å². The molecular weight excluding hydrogens is 248 g/mol. The van der Waals surface area contributed by atoms with Crippen molar-refractivity contribution in [1.29, 1.82) is 0 Å². The van der Waals surface area contributed by atoms with Gasteiger partial charge in [-0.2, -0.15) is 0 Å². The highest BCUT2D eigenvalue weighted by molar-refractivity contribution is 5.86. The predicted octanol–water partition coefficient (Wildman–Crippen LogP) is 1.35. The average Bonchev–Trinajstić information content (AvgIpc) is 2.78. The number of benzene rings is 1. The Balaban J connectivity index is 1.87. The Morgan fingerprint density at radius 2 is 2.11 bits per heavy atom. The van der Waals surface area contributed by atoms with Crippen molar-refractivity contribution in [1.82, 2.24) is 10.5 Å². The smallest absolute Gasteiger partial charge is 0.303 e. The Morgan fingerprint density at radius 3 is 2.89 bits per heavy atom. The maximum atomic E-state index is 11.7. The Bertz CT molecular complexity index is 591. The number of nitrogens with zero attached hydrogens (tertiary/aromatic N) is 1. The standard InChI is InChI=1S/C13H14N2O4/c16-12(14-7-3-6-13(17)18)8-10-9-4-1-2-5-11(9)19-15-10/h1-2,4-5H,3,6-8H2,(H,14,16)(H,17,18). The average molecular weight is 262 g/mol. The molecule has 19 heavy (non-hydrogen) atoms. The van der Waals surface area contributed by atoms with Crippen LogP contribution in [0.15, 0.2) is 28.8 Å². The minimum absolute atomic E-state index is 0.0488. The summed E-state index contributed by atoms with van der Waals surface area (Å²) in [4.78, 5) is 22.0. The lowest BCUT2D eigenvalue weighted by Crippen LogP contribution is -2.26. The fraction of sp³-hybridized carbons (Fsp3) is 0.308. The van der Waals surface area contributed by atoms with Gasteiger partial charge >= 0.3 is 5.97 Å². The maximum Gasteiger partial charge on any atom is 0.303 e. The van der Waals surface area contributed by atoms with E-state index in [0.29, 0.717) is 24.2 Å². The molecular formula is C13H14N2O4. The van der Waals surface area contributed by atoms with Crippen LogP contribution in [-0.4, -0.2) is 28.7 Å². The lowest BCUT2D eigenvalue weighted by Gasteiger charge is -2.02. The summed E-state index contributed by atoms with van der Waals surface area (Å²) in [5.74, 6) is -1.05. The van der Waals surface area contributed by atoms with E-state index in [9.17, 15) is 9.59 Å². The third kappa shape index (κ3) is 3.54. The SMILES string of the molecule is O=C(O)CCCNC(=O)Cc1noc2ccccc12. The van der Waals surface area contributed by atoms with E-state index >= 15 is 0 Å². The fourth-order valence-corrected chi connectivity index (χ4v) is 1.75. The summed E-state index contributed by atoms with van der Waals surface area (Å²) in [6.45, 7) is 0.348. The van der Waals surface area contributed by atoms with E-state index in [4.69, 9.17) is 9.63 Å². The summed E-state index contributed by atoms with van der Waals surface area (Å²) in [5, 5.41) is 15.8. The van der Waals surface area contributed by atoms with Crippen LogP contribution in [0.25, 0.3) is 11.0 Å². The number of para-hydroxylation sites is 1. The van der Waals surface area contributed by atoms with Crippen LogP contribution in [-0.2, 0) is 16.0 Å². The topological polar surface area (TPSA) is 92.4 Å². The Labute approximate surface area is 109 Å². The number of carboxylic acids is 1. The van der Waals surface area contributed by atoms with E-state index in [-0.39, 0.29) is 18.7 Å². The van der Waals surface area contributed by atoms with E-state index in [1.807, 2.05) is 18.2 Å². The first-order valence-electron chi connectivity index (χ1n) is 5.98. The molecule has 2 rings (SSSR count). The summed E-state index contributed by atoms with van der Waals surface area (Å²) < 4.78 is 5.10. The van der Waals surface area contributed by atoms with E-state index in [1.54, 1.807) is 6.07 Å². The number of aliphatic carboxylic acids is 1. The van der Waals surface area contributed by atoms with Gasteiger partial charge in [0.1, 0.15) is 5.69 Å². The highest BCUT2D eigenvalue weighted by Gasteiger charge is 2.11. The van der Waals surface area contributed by atoms with Gasteiger partial charge in [-0.25, -0.2) is 0 Å². The number of fused-ring (bicyclic) bond motifs is 1. The molecule has 100 valence electrons. The zero-order chi connectivity index (χ0) is 13.7. The van der Waals surface area contributed by atoms with Gasteiger partial charge in [0.2, 0.25) is 5.91 Å². The molecule has 0 unspecified atom stereocenters. The summed E-state index contributed by atoms with van der Waals surface area (Å²) >= 11 is 0. The summed E-state index contributed by atoms with van der Waals surface area (Å²) in [7, 11) is 0. The molecule has 2 N–H and O–H groups in total. The Kier molecular flexibility index (Phi) is 4.12. The Morgan fingerprint density at radius 1 is 1.32 bits per heavy atom. The van der Waals surface area contributed by atoms with Crippen molar-refractivity contribution < 1.29 is 19.2 Å². The molecule has 1 amide bonds. The van der Waals surface area contributed by atoms with Crippen LogP contribution in [0.3, 0.4) is 0 Å². The van der Waals surface area contributed by atoms with Gasteiger partial charge in [-0.1, -0.05) is 17.3 Å². The number of carbonyl (C=O) groups excluding carboxylic acids is 1. The molecule has 6 nitrogen and oxygen atoms in total. The van der Waals surface area contributed by atoms with Crippen molar-refractivity contribution in [2.24, 2.45) is 0 Å². The number of hydrogen-bond donors (Lipinski definition) is 2. The zero-order valence-corrected chi connectivity index (χ0v) is 10.3. The molecule has 1 aromatic carbocycles. The van der Waals surface area contributed by atoms with Gasteiger partial charge in [-0.05, 0) is 18.6 Å². The minimum Gasteiger partial charge on any atom is -0.481 e. The van der Waals surface area contributed by atoms with Crippen molar-refractivity contribution in [2.75, 3.05) is 6.54 Å². The van der Waals surface area contributed by atoms with Gasteiger partial charge in [-0.3, -0.25) is 9.59 Å². The molecule has 0 saturated heterocycles. The summed E-state index contributed by atoms with van der Waals surface area (Å²) in [6.07, 6.45) is 0.595. The molecule has 0 saturated carbocycles. The number of nitrogens with one attached hydrogen (secondary N) is 1. The van der Waals surface area contributed by atoms with E-state index in [0.717, 1.165) is 5.39 Å². The number of hydrogen-bond acceptors (Lipinski definition) is 4. The Hall–Kier alpha value is -2.37. The van der Waals surface area contributed by atoms with E-state index in [2.05, 4.69) is 10.5 Å². The highest BCUT2D eigenvalue weighted by atomic mass is 16.5. The second-order valence-corrected chi connectivity index (χ2v) is 4.15. The highest BCUT2D eigenvalue weighted by Crippen LogP contribution is 2.17. The molecule has 0 atom stereocenters. The van der Waals surface area contributed by atoms with Gasteiger partial charge < -0.3 is 14.9 Å². The quantitative estimate of drug-likeness (QED) is 0.766. The normalized spacial score (nSPS) is 10.5. The van der Waals surface area contributed by atoms with Crippen LogP contribution < -0.4 is 5.32 Å². The fourth-order valence-electron chi connectivity index (χ4n) is 1.75. The minimum atomic E-state index is -0.864. The summed E-state index contributed by atoms with van der Waals surface area (Å²) in [5.41, 5.74) is 1.24. The second kappa shape index (κ2) is 5.99. The molecule has 6 heteroatoms. The van der Waals surface area contributed by atoms with E-state index in [1.165, 1.54) is 0 Å². The molecule has 1 heterocycles. The molecule has 0 fully saturated rings. The van der Waals surface area contributed by atoms with Crippen molar-refractivity contribution in [2.45, 2.75) is 19.3 Å². The van der Waals surface area contributed by atoms with Crippen LogP contribution >= 0.6 is 0 Å². The monoisotopic (exact) mass is 262 g/mol. The van der Waals surface area contributed by atoms with Gasteiger partial charge in [-0.15, -0.1) is 0 Å². The molecule has 0 radical (unpaired) electrons. The van der Waals surface area contributed by atoms with Crippen LogP contribution in [0.1, 0.15) is 18.5 Å². The number of carboxylic acid groups (broad SMARTS) is 1. The van der Waals surface area contributed by atoms with Crippen LogP contribution in [0, 0.1) is 0 Å². The molecule has 0 aliphatic rings. The lowest BCUT2D eigenvalue weighted by molar-refractivity contribution is -0.137. The third-order valence-electron chi connectivity index (χ3n) is 2.67. The first-order chi connectivity index (χ1) is 9.16. The number of aromatic nitrogens is 1. The van der Waals surface area contributed by atoms with Crippen LogP contribution in [0.4, 0.5) is 0 Å². The summed E-state index contributed by atoms with van der Waals surface area (Å²) in [6, 6.07) is 7.33. The predicted molar refractivity (Wildman–Crippen MR) is 67.6 cm³/mol. The maximum absolute atomic E-state index is 11.7. The zero-order valence-electron chi connectivity index (χ0n) is 10.3. The molecule has 0 bridgehead atoms. The van der Waals surface area contributed by atoms with Gasteiger partial charge in [0, 0.05) is 18.4 Å². The first-order valence-corrected chi connectivity index (χ1v) is 5.98. The molecule has 0 aliphatic heterocycles. The van der Waals surface area contributed by atoms with Gasteiger partial charge in [0.25, 0.3) is 0 Å². The third-order valence-corrected chi connectivity index (χ3v) is 2.67. The van der Waals surface area contributed by atoms with Gasteiger partial charge in [0.15, 0.2) is 5.58 Å².